The van der Waals surface area contributed by atoms with E-state index in [0.29, 0.717) is 0 Å². The summed E-state index contributed by atoms with van der Waals surface area (Å²) in [7, 11) is -3.78. The molecule has 11 nitrogen and oxygen atoms in total. The van der Waals surface area contributed by atoms with Crippen LogP contribution in [0.3, 0.4) is 0 Å². The number of thioether (sulfide) groups is 1. The Balaban J connectivity index is 1.40. The van der Waals surface area contributed by atoms with Crippen LogP contribution in [0, 0.1) is 0 Å². The fourth-order valence-electron chi connectivity index (χ4n) is 3.63. The quantitative estimate of drug-likeness (QED) is 0.456. The number of nitrogens with one attached hydrogen (secondary N) is 1. The van der Waals surface area contributed by atoms with Crippen LogP contribution in [0.2, 0.25) is 0 Å². The standard InChI is InChI=1S/C23H25N5O6S2/c1-3-33-23(30)27-12-14-28(15-13-27)36(31,32)17-10-8-16(9-11-17)20(29)24-22-26-25-21(34-22)18-6-4-5-7-19(18)35-2/h4-11H,3,12-15H2,1-2H3,(H,24,26,29). The fraction of sp³-hybridized carbons (Fsp3) is 0.304. The summed E-state index contributed by atoms with van der Waals surface area (Å²) in [5.41, 5.74) is 0.987. The van der Waals surface area contributed by atoms with Crippen LogP contribution in [-0.2, 0) is 14.8 Å². The molecule has 2 aromatic carbocycles. The highest BCUT2D eigenvalue weighted by Crippen LogP contribution is 2.29. The van der Waals surface area contributed by atoms with Crippen molar-refractivity contribution in [1.82, 2.24) is 19.4 Å². The van der Waals surface area contributed by atoms with Gasteiger partial charge in [0, 0.05) is 36.6 Å². The molecule has 4 rings (SSSR count). The summed E-state index contributed by atoms with van der Waals surface area (Å²) in [5.74, 6) is -0.241. The molecule has 0 atom stereocenters. The number of piperazine rings is 1. The Morgan fingerprint density at radius 2 is 1.75 bits per heavy atom. The number of benzene rings is 2. The highest BCUT2D eigenvalue weighted by molar-refractivity contribution is 7.98. The van der Waals surface area contributed by atoms with Crippen LogP contribution < -0.4 is 5.32 Å². The van der Waals surface area contributed by atoms with Gasteiger partial charge in [-0.25, -0.2) is 13.2 Å². The van der Waals surface area contributed by atoms with Gasteiger partial charge in [0.15, 0.2) is 0 Å². The summed E-state index contributed by atoms with van der Waals surface area (Å²) in [4.78, 5) is 27.0. The second kappa shape index (κ2) is 11.1. The summed E-state index contributed by atoms with van der Waals surface area (Å²) >= 11 is 1.54. The van der Waals surface area contributed by atoms with Crippen LogP contribution in [0.25, 0.3) is 11.5 Å². The number of carbonyl (C=O) groups is 2. The molecule has 3 aromatic rings. The zero-order valence-electron chi connectivity index (χ0n) is 19.7. The Morgan fingerprint density at radius 1 is 1.06 bits per heavy atom. The molecule has 36 heavy (non-hydrogen) atoms. The van der Waals surface area contributed by atoms with Gasteiger partial charge in [0.1, 0.15) is 0 Å². The van der Waals surface area contributed by atoms with Gasteiger partial charge in [0.25, 0.3) is 11.8 Å². The maximum absolute atomic E-state index is 13.0. The zero-order valence-corrected chi connectivity index (χ0v) is 21.3. The van der Waals surface area contributed by atoms with Crippen LogP contribution >= 0.6 is 11.8 Å². The number of aromatic nitrogens is 2. The number of rotatable bonds is 7. The Labute approximate surface area is 212 Å². The minimum absolute atomic E-state index is 0.0531. The summed E-state index contributed by atoms with van der Waals surface area (Å²) < 4.78 is 37.9. The van der Waals surface area contributed by atoms with Gasteiger partial charge in [-0.3, -0.25) is 10.1 Å². The van der Waals surface area contributed by atoms with Crippen molar-refractivity contribution in [2.75, 3.05) is 44.4 Å². The van der Waals surface area contributed by atoms with Crippen LogP contribution in [0.4, 0.5) is 10.8 Å². The Hall–Kier alpha value is -3.42. The van der Waals surface area contributed by atoms with Gasteiger partial charge in [-0.05, 0) is 49.6 Å². The first-order chi connectivity index (χ1) is 17.3. The van der Waals surface area contributed by atoms with Crippen molar-refractivity contribution in [3.05, 3.63) is 54.1 Å². The number of carbonyl (C=O) groups excluding carboxylic acids is 2. The van der Waals surface area contributed by atoms with Gasteiger partial charge < -0.3 is 14.1 Å². The lowest BCUT2D eigenvalue weighted by atomic mass is 10.2. The molecule has 13 heteroatoms. The Bertz CT molecular complexity index is 1340. The van der Waals surface area contributed by atoms with E-state index in [0.717, 1.165) is 10.5 Å². The van der Waals surface area contributed by atoms with E-state index in [4.69, 9.17) is 9.15 Å². The second-order valence-electron chi connectivity index (χ2n) is 7.68. The molecule has 1 aromatic heterocycles. The van der Waals surface area contributed by atoms with E-state index in [1.165, 1.54) is 45.2 Å². The monoisotopic (exact) mass is 531 g/mol. The highest BCUT2D eigenvalue weighted by atomic mass is 32.2. The average Bonchev–Trinajstić information content (AvgIpc) is 3.37. The molecule has 0 aliphatic carbocycles. The van der Waals surface area contributed by atoms with Crippen molar-refractivity contribution < 1.29 is 27.2 Å². The first kappa shape index (κ1) is 25.7. The molecule has 1 N–H and O–H groups in total. The number of nitrogens with zero attached hydrogens (tertiary/aromatic N) is 4. The van der Waals surface area contributed by atoms with Crippen molar-refractivity contribution >= 4 is 39.8 Å². The van der Waals surface area contributed by atoms with Gasteiger partial charge in [0.05, 0.1) is 17.1 Å². The molecule has 0 radical (unpaired) electrons. The molecule has 1 saturated heterocycles. The predicted octanol–water partition coefficient (Wildman–Crippen LogP) is 3.17. The third-order valence-corrected chi connectivity index (χ3v) is 8.21. The van der Waals surface area contributed by atoms with E-state index in [-0.39, 0.29) is 55.2 Å². The molecule has 1 fully saturated rings. The number of hydrogen-bond donors (Lipinski definition) is 1. The summed E-state index contributed by atoms with van der Waals surface area (Å²) in [6.45, 7) is 2.77. The molecule has 1 aliphatic rings. The molecule has 0 unspecified atom stereocenters. The number of amides is 2. The number of hydrogen-bond acceptors (Lipinski definition) is 9. The summed E-state index contributed by atoms with van der Waals surface area (Å²) in [6.07, 6.45) is 1.48. The number of anilines is 1. The lowest BCUT2D eigenvalue weighted by Crippen LogP contribution is -2.50. The first-order valence-corrected chi connectivity index (χ1v) is 13.8. The summed E-state index contributed by atoms with van der Waals surface area (Å²) in [6, 6.07) is 13.0. The molecule has 190 valence electrons. The third kappa shape index (κ3) is 5.53. The Kier molecular flexibility index (Phi) is 7.91. The Morgan fingerprint density at radius 3 is 2.42 bits per heavy atom. The molecule has 1 aliphatic heterocycles. The van der Waals surface area contributed by atoms with Gasteiger partial charge in [-0.15, -0.1) is 16.9 Å². The number of ether oxygens (including phenoxy) is 1. The summed E-state index contributed by atoms with van der Waals surface area (Å²) in [5, 5.41) is 10.4. The molecule has 0 bridgehead atoms. The fourth-order valence-corrected chi connectivity index (χ4v) is 5.64. The third-order valence-electron chi connectivity index (χ3n) is 5.50. The lowest BCUT2D eigenvalue weighted by molar-refractivity contribution is 0.0933. The maximum atomic E-state index is 13.0. The molecule has 2 heterocycles. The largest absolute Gasteiger partial charge is 0.450 e. The molecular formula is C23H25N5O6S2. The first-order valence-electron chi connectivity index (χ1n) is 11.1. The average molecular weight is 532 g/mol. The van der Waals surface area contributed by atoms with Crippen LogP contribution in [0.5, 0.6) is 0 Å². The lowest BCUT2D eigenvalue weighted by Gasteiger charge is -2.33. The smallest absolute Gasteiger partial charge is 0.409 e. The second-order valence-corrected chi connectivity index (χ2v) is 10.5. The van der Waals surface area contributed by atoms with E-state index in [2.05, 4.69) is 15.5 Å². The molecular weight excluding hydrogens is 506 g/mol. The number of sulfonamides is 1. The zero-order chi connectivity index (χ0) is 25.7. The van der Waals surface area contributed by atoms with Crippen molar-refractivity contribution in [2.24, 2.45) is 0 Å². The van der Waals surface area contributed by atoms with Gasteiger partial charge in [0.2, 0.25) is 10.0 Å². The van der Waals surface area contributed by atoms with E-state index >= 15 is 0 Å². The topological polar surface area (TPSA) is 135 Å². The van der Waals surface area contributed by atoms with Crippen molar-refractivity contribution in [3.63, 3.8) is 0 Å². The van der Waals surface area contributed by atoms with Crippen LogP contribution in [0.1, 0.15) is 17.3 Å². The van der Waals surface area contributed by atoms with E-state index < -0.39 is 22.0 Å². The molecule has 2 amide bonds. The van der Waals surface area contributed by atoms with E-state index in [1.54, 1.807) is 6.92 Å². The van der Waals surface area contributed by atoms with E-state index in [9.17, 15) is 18.0 Å². The van der Waals surface area contributed by atoms with Gasteiger partial charge in [-0.1, -0.05) is 17.2 Å². The maximum Gasteiger partial charge on any atom is 0.409 e. The molecule has 0 spiro atoms. The predicted molar refractivity (Wildman–Crippen MR) is 133 cm³/mol. The van der Waals surface area contributed by atoms with Gasteiger partial charge >= 0.3 is 12.1 Å². The highest BCUT2D eigenvalue weighted by Gasteiger charge is 2.30. The van der Waals surface area contributed by atoms with Crippen molar-refractivity contribution in [3.8, 4) is 11.5 Å². The van der Waals surface area contributed by atoms with Gasteiger partial charge in [-0.2, -0.15) is 4.31 Å². The minimum Gasteiger partial charge on any atom is -0.450 e. The normalized spacial score (nSPS) is 14.4. The van der Waals surface area contributed by atoms with Crippen molar-refractivity contribution in [2.45, 2.75) is 16.7 Å². The SMILES string of the molecule is CCOC(=O)N1CCN(S(=O)(=O)c2ccc(C(=O)Nc3nnc(-c4ccccc4SC)o3)cc2)CC1. The van der Waals surface area contributed by atoms with E-state index in [1.807, 2.05) is 30.5 Å². The van der Waals surface area contributed by atoms with Crippen LogP contribution in [0.15, 0.2) is 62.7 Å². The van der Waals surface area contributed by atoms with Crippen molar-refractivity contribution in [1.29, 1.82) is 0 Å². The molecule has 0 saturated carbocycles. The van der Waals surface area contributed by atoms with Crippen LogP contribution in [-0.4, -0.2) is 78.9 Å². The minimum atomic E-state index is -3.78.